The third kappa shape index (κ3) is 6.05. The van der Waals surface area contributed by atoms with E-state index < -0.39 is 18.1 Å². The third-order valence-electron chi connectivity index (χ3n) is 2.96. The lowest BCUT2D eigenvalue weighted by Gasteiger charge is -2.14. The number of rotatable bonds is 9. The Morgan fingerprint density at radius 1 is 1.00 bits per heavy atom. The first-order chi connectivity index (χ1) is 11.5. The van der Waals surface area contributed by atoms with Gasteiger partial charge in [0.15, 0.2) is 17.8 Å². The van der Waals surface area contributed by atoms with Gasteiger partial charge in [-0.3, -0.25) is 9.59 Å². The van der Waals surface area contributed by atoms with Crippen LogP contribution in [-0.4, -0.2) is 52.1 Å². The van der Waals surface area contributed by atoms with Crippen LogP contribution in [0.1, 0.15) is 13.8 Å². The van der Waals surface area contributed by atoms with Crippen LogP contribution in [-0.2, 0) is 19.1 Å². The summed E-state index contributed by atoms with van der Waals surface area (Å²) in [6, 6.07) is 4.91. The Kier molecular flexibility index (Phi) is 8.59. The van der Waals surface area contributed by atoms with E-state index in [1.807, 2.05) is 13.8 Å². The number of ether oxygens (including phenoxy) is 4. The molecule has 0 radical (unpaired) electrons. The van der Waals surface area contributed by atoms with Crippen molar-refractivity contribution >= 4 is 17.5 Å². The lowest BCUT2D eigenvalue weighted by atomic mass is 10.2. The summed E-state index contributed by atoms with van der Waals surface area (Å²) < 4.78 is 20.8. The van der Waals surface area contributed by atoms with Gasteiger partial charge in [-0.25, -0.2) is 0 Å². The van der Waals surface area contributed by atoms with Crippen LogP contribution < -0.4 is 20.1 Å². The monoisotopic (exact) mass is 340 g/mol. The standard InChI is InChI=1S/C16H24N2O6/c1-5-23-12-8-7-11(9-13(12)24-6-2)18-16(20)15(19)17-10-14(21-3)22-4/h7-9,14H,5-6,10H2,1-4H3,(H,17,19)(H,18,20). The van der Waals surface area contributed by atoms with E-state index in [2.05, 4.69) is 10.6 Å². The molecule has 0 heterocycles. The first-order valence-corrected chi connectivity index (χ1v) is 7.60. The fraction of sp³-hybridized carbons (Fsp3) is 0.500. The summed E-state index contributed by atoms with van der Waals surface area (Å²) in [5.74, 6) is -0.519. The highest BCUT2D eigenvalue weighted by Gasteiger charge is 2.16. The molecule has 2 amide bonds. The van der Waals surface area contributed by atoms with Gasteiger partial charge in [0.25, 0.3) is 0 Å². The SMILES string of the molecule is CCOc1ccc(NC(=O)C(=O)NCC(OC)OC)cc1OCC. The zero-order valence-electron chi connectivity index (χ0n) is 14.4. The second-order valence-corrected chi connectivity index (χ2v) is 4.59. The molecule has 2 N–H and O–H groups in total. The molecule has 0 unspecified atom stereocenters. The number of amides is 2. The number of carbonyl (C=O) groups is 2. The molecule has 24 heavy (non-hydrogen) atoms. The fourth-order valence-corrected chi connectivity index (χ4v) is 1.84. The predicted molar refractivity (Wildman–Crippen MR) is 88.2 cm³/mol. The first-order valence-electron chi connectivity index (χ1n) is 7.60. The predicted octanol–water partition coefficient (Wildman–Crippen LogP) is 1.16. The van der Waals surface area contributed by atoms with E-state index in [9.17, 15) is 9.59 Å². The molecule has 0 atom stereocenters. The Bertz CT molecular complexity index is 545. The topological polar surface area (TPSA) is 95.1 Å². The summed E-state index contributed by atoms with van der Waals surface area (Å²) in [4.78, 5) is 23.7. The molecular formula is C16H24N2O6. The summed E-state index contributed by atoms with van der Waals surface area (Å²) in [7, 11) is 2.88. The van der Waals surface area contributed by atoms with Gasteiger partial charge in [0, 0.05) is 26.0 Å². The smallest absolute Gasteiger partial charge is 0.313 e. The Labute approximate surface area is 141 Å². The van der Waals surface area contributed by atoms with Gasteiger partial charge < -0.3 is 29.6 Å². The van der Waals surface area contributed by atoms with E-state index >= 15 is 0 Å². The van der Waals surface area contributed by atoms with Gasteiger partial charge in [-0.15, -0.1) is 0 Å². The molecule has 8 nitrogen and oxygen atoms in total. The minimum absolute atomic E-state index is 0.0622. The van der Waals surface area contributed by atoms with Crippen molar-refractivity contribution in [3.63, 3.8) is 0 Å². The zero-order chi connectivity index (χ0) is 17.9. The van der Waals surface area contributed by atoms with Crippen LogP contribution in [0.2, 0.25) is 0 Å². The molecule has 1 aromatic rings. The van der Waals surface area contributed by atoms with Gasteiger partial charge >= 0.3 is 11.8 Å². The largest absolute Gasteiger partial charge is 0.490 e. The Morgan fingerprint density at radius 2 is 1.62 bits per heavy atom. The van der Waals surface area contributed by atoms with E-state index in [-0.39, 0.29) is 6.54 Å². The molecule has 0 saturated carbocycles. The molecule has 0 aliphatic carbocycles. The normalized spacial score (nSPS) is 10.4. The summed E-state index contributed by atoms with van der Waals surface area (Å²) in [6.45, 7) is 4.72. The van der Waals surface area contributed by atoms with Crippen molar-refractivity contribution in [3.05, 3.63) is 18.2 Å². The van der Waals surface area contributed by atoms with Crippen LogP contribution in [0.3, 0.4) is 0 Å². The molecule has 134 valence electrons. The maximum Gasteiger partial charge on any atom is 0.313 e. The lowest BCUT2D eigenvalue weighted by Crippen LogP contribution is -2.40. The van der Waals surface area contributed by atoms with Gasteiger partial charge in [0.2, 0.25) is 0 Å². The maximum absolute atomic E-state index is 11.9. The van der Waals surface area contributed by atoms with Crippen LogP contribution in [0.4, 0.5) is 5.69 Å². The zero-order valence-corrected chi connectivity index (χ0v) is 14.4. The van der Waals surface area contributed by atoms with Crippen LogP contribution in [0, 0.1) is 0 Å². The minimum atomic E-state index is -0.799. The molecule has 1 rings (SSSR count). The number of carbonyl (C=O) groups excluding carboxylic acids is 2. The molecule has 1 aromatic carbocycles. The van der Waals surface area contributed by atoms with Crippen LogP contribution >= 0.6 is 0 Å². The van der Waals surface area contributed by atoms with Crippen molar-refractivity contribution in [2.24, 2.45) is 0 Å². The molecule has 0 aliphatic heterocycles. The highest BCUT2D eigenvalue weighted by atomic mass is 16.7. The van der Waals surface area contributed by atoms with Crippen molar-refractivity contribution in [2.45, 2.75) is 20.1 Å². The van der Waals surface area contributed by atoms with E-state index in [0.717, 1.165) is 0 Å². The lowest BCUT2D eigenvalue weighted by molar-refractivity contribution is -0.139. The number of hydrogen-bond acceptors (Lipinski definition) is 6. The van der Waals surface area contributed by atoms with Crippen LogP contribution in [0.25, 0.3) is 0 Å². The number of nitrogens with one attached hydrogen (secondary N) is 2. The van der Waals surface area contributed by atoms with Gasteiger partial charge in [0.05, 0.1) is 19.8 Å². The van der Waals surface area contributed by atoms with E-state index in [1.165, 1.54) is 14.2 Å². The summed E-state index contributed by atoms with van der Waals surface area (Å²) in [5, 5.41) is 4.92. The number of anilines is 1. The van der Waals surface area contributed by atoms with Gasteiger partial charge in [0.1, 0.15) is 0 Å². The van der Waals surface area contributed by atoms with Crippen LogP contribution in [0.15, 0.2) is 18.2 Å². The molecule has 0 saturated heterocycles. The highest BCUT2D eigenvalue weighted by Crippen LogP contribution is 2.30. The minimum Gasteiger partial charge on any atom is -0.490 e. The third-order valence-corrected chi connectivity index (χ3v) is 2.96. The van der Waals surface area contributed by atoms with Crippen LogP contribution in [0.5, 0.6) is 11.5 Å². The Hall–Kier alpha value is -2.32. The molecule has 0 spiro atoms. The van der Waals surface area contributed by atoms with Gasteiger partial charge in [-0.1, -0.05) is 0 Å². The maximum atomic E-state index is 11.9. The summed E-state index contributed by atoms with van der Waals surface area (Å²) in [6.07, 6.45) is -0.614. The number of methoxy groups -OCH3 is 2. The van der Waals surface area contributed by atoms with Crippen molar-refractivity contribution in [2.75, 3.05) is 39.3 Å². The molecular weight excluding hydrogens is 316 g/mol. The second kappa shape index (κ2) is 10.5. The first kappa shape index (κ1) is 19.7. The van der Waals surface area contributed by atoms with Gasteiger partial charge in [-0.05, 0) is 26.0 Å². The fourth-order valence-electron chi connectivity index (χ4n) is 1.84. The quantitative estimate of drug-likeness (QED) is 0.517. The van der Waals surface area contributed by atoms with Crippen molar-refractivity contribution in [1.29, 1.82) is 0 Å². The number of hydrogen-bond donors (Lipinski definition) is 2. The molecule has 0 fully saturated rings. The molecule has 0 aromatic heterocycles. The molecule has 8 heteroatoms. The Balaban J connectivity index is 2.68. The number of benzene rings is 1. The van der Waals surface area contributed by atoms with Crippen molar-refractivity contribution in [1.82, 2.24) is 5.32 Å². The van der Waals surface area contributed by atoms with E-state index in [4.69, 9.17) is 18.9 Å². The van der Waals surface area contributed by atoms with E-state index in [0.29, 0.717) is 30.4 Å². The van der Waals surface area contributed by atoms with Crippen molar-refractivity contribution in [3.8, 4) is 11.5 Å². The summed E-state index contributed by atoms with van der Waals surface area (Å²) >= 11 is 0. The average Bonchev–Trinajstić information content (AvgIpc) is 2.58. The Morgan fingerprint density at radius 3 is 2.21 bits per heavy atom. The average molecular weight is 340 g/mol. The second-order valence-electron chi connectivity index (χ2n) is 4.59. The molecule has 0 aliphatic rings. The van der Waals surface area contributed by atoms with Crippen molar-refractivity contribution < 1.29 is 28.5 Å². The van der Waals surface area contributed by atoms with E-state index in [1.54, 1.807) is 18.2 Å². The highest BCUT2D eigenvalue weighted by molar-refractivity contribution is 6.39. The van der Waals surface area contributed by atoms with Gasteiger partial charge in [-0.2, -0.15) is 0 Å². The summed E-state index contributed by atoms with van der Waals surface area (Å²) in [5.41, 5.74) is 0.428. The molecule has 0 bridgehead atoms.